The number of aryl methyl sites for hydroxylation is 4. The Balaban J connectivity index is 0.000000182. The number of para-hydroxylation sites is 1. The van der Waals surface area contributed by atoms with Gasteiger partial charge in [0.15, 0.2) is 0 Å². The molecule has 0 fully saturated rings. The van der Waals surface area contributed by atoms with Crippen molar-refractivity contribution in [1.29, 1.82) is 0 Å². The number of fused-ring (bicyclic) bond motifs is 2. The summed E-state index contributed by atoms with van der Waals surface area (Å²) in [4.78, 5) is 30.9. The molecule has 0 saturated carbocycles. The zero-order chi connectivity index (χ0) is 32.8. The van der Waals surface area contributed by atoms with E-state index in [1.165, 1.54) is 41.3 Å². The van der Waals surface area contributed by atoms with Crippen molar-refractivity contribution < 1.29 is 18.4 Å². The smallest absolute Gasteiger partial charge is 0.251 e. The SMILES string of the molecule is Cc1[nH]c2ccccc2c1CCNC(=O)c1ccc(F)cc1.Cc1ccccc1C(=O)NCCc1c(C)[nH]c2c(C)ccc(F)c12. The summed E-state index contributed by atoms with van der Waals surface area (Å²) >= 11 is 0. The van der Waals surface area contributed by atoms with Crippen LogP contribution in [0.5, 0.6) is 0 Å². The van der Waals surface area contributed by atoms with Crippen LogP contribution >= 0.6 is 0 Å². The number of hydrogen-bond donors (Lipinski definition) is 4. The molecule has 2 heterocycles. The summed E-state index contributed by atoms with van der Waals surface area (Å²) in [6.07, 6.45) is 1.34. The van der Waals surface area contributed by atoms with Gasteiger partial charge in [0, 0.05) is 51.9 Å². The molecule has 0 unspecified atom stereocenters. The molecule has 0 aliphatic carbocycles. The van der Waals surface area contributed by atoms with Crippen molar-refractivity contribution in [3.63, 3.8) is 0 Å². The third kappa shape index (κ3) is 7.18. The lowest BCUT2D eigenvalue weighted by Gasteiger charge is -2.08. The normalized spacial score (nSPS) is 10.9. The number of rotatable bonds is 8. The van der Waals surface area contributed by atoms with Gasteiger partial charge in [0.25, 0.3) is 11.8 Å². The maximum absolute atomic E-state index is 14.2. The van der Waals surface area contributed by atoms with Crippen molar-refractivity contribution in [3.05, 3.63) is 141 Å². The summed E-state index contributed by atoms with van der Waals surface area (Å²) in [5, 5.41) is 7.63. The number of carbonyl (C=O) groups excluding carboxylic acids is 2. The number of amides is 2. The van der Waals surface area contributed by atoms with Crippen molar-refractivity contribution in [2.24, 2.45) is 0 Å². The first-order valence-corrected chi connectivity index (χ1v) is 15.3. The van der Waals surface area contributed by atoms with Crippen LogP contribution in [-0.2, 0) is 12.8 Å². The number of halogens is 2. The Morgan fingerprint density at radius 3 is 2.02 bits per heavy atom. The highest BCUT2D eigenvalue weighted by molar-refractivity contribution is 5.96. The number of aromatic amines is 2. The van der Waals surface area contributed by atoms with Gasteiger partial charge in [-0.25, -0.2) is 8.78 Å². The van der Waals surface area contributed by atoms with Gasteiger partial charge in [-0.2, -0.15) is 0 Å². The van der Waals surface area contributed by atoms with Crippen LogP contribution in [0.15, 0.2) is 84.9 Å². The third-order valence-corrected chi connectivity index (χ3v) is 8.27. The molecule has 0 aliphatic heterocycles. The Kier molecular flexibility index (Phi) is 9.96. The van der Waals surface area contributed by atoms with Crippen molar-refractivity contribution in [3.8, 4) is 0 Å². The number of aromatic nitrogens is 2. The van der Waals surface area contributed by atoms with Crippen LogP contribution in [0.25, 0.3) is 21.8 Å². The summed E-state index contributed by atoms with van der Waals surface area (Å²) in [6.45, 7) is 8.86. The zero-order valence-corrected chi connectivity index (χ0v) is 26.5. The molecule has 2 aromatic heterocycles. The molecule has 0 spiro atoms. The molecule has 0 radical (unpaired) electrons. The lowest BCUT2D eigenvalue weighted by Crippen LogP contribution is -2.26. The molecule has 0 aliphatic rings. The van der Waals surface area contributed by atoms with Gasteiger partial charge in [-0.05, 0) is 105 Å². The number of benzene rings is 4. The van der Waals surface area contributed by atoms with Gasteiger partial charge in [-0.1, -0.05) is 42.5 Å². The minimum absolute atomic E-state index is 0.0951. The number of H-pyrrole nitrogens is 2. The van der Waals surface area contributed by atoms with E-state index < -0.39 is 0 Å². The van der Waals surface area contributed by atoms with Gasteiger partial charge < -0.3 is 20.6 Å². The van der Waals surface area contributed by atoms with Gasteiger partial charge in [0.2, 0.25) is 0 Å². The molecule has 2 amide bonds. The van der Waals surface area contributed by atoms with E-state index >= 15 is 0 Å². The molecule has 6 aromatic rings. The van der Waals surface area contributed by atoms with E-state index in [2.05, 4.69) is 26.7 Å². The minimum Gasteiger partial charge on any atom is -0.358 e. The fourth-order valence-corrected chi connectivity index (χ4v) is 5.79. The number of carbonyl (C=O) groups is 2. The van der Waals surface area contributed by atoms with Gasteiger partial charge in [0.05, 0.1) is 5.52 Å². The van der Waals surface area contributed by atoms with Crippen molar-refractivity contribution in [1.82, 2.24) is 20.6 Å². The molecule has 6 rings (SSSR count). The molecule has 0 saturated heterocycles. The van der Waals surface area contributed by atoms with Crippen LogP contribution in [0, 0.1) is 39.3 Å². The summed E-state index contributed by atoms with van der Waals surface area (Å²) in [5.41, 5.74) is 9.27. The van der Waals surface area contributed by atoms with Crippen LogP contribution in [0.1, 0.15) is 54.4 Å². The average Bonchev–Trinajstić information content (AvgIpc) is 3.56. The van der Waals surface area contributed by atoms with Gasteiger partial charge in [-0.3, -0.25) is 9.59 Å². The zero-order valence-electron chi connectivity index (χ0n) is 26.5. The molecule has 0 atom stereocenters. The summed E-state index contributed by atoms with van der Waals surface area (Å²) in [5.74, 6) is -0.842. The van der Waals surface area contributed by atoms with Crippen molar-refractivity contribution in [2.45, 2.75) is 40.5 Å². The van der Waals surface area contributed by atoms with Crippen LogP contribution in [0.2, 0.25) is 0 Å². The molecule has 0 bridgehead atoms. The van der Waals surface area contributed by atoms with Crippen molar-refractivity contribution >= 4 is 33.6 Å². The van der Waals surface area contributed by atoms with Gasteiger partial charge >= 0.3 is 0 Å². The fourth-order valence-electron chi connectivity index (χ4n) is 5.79. The molecule has 236 valence electrons. The minimum atomic E-state index is -0.342. The first-order valence-electron chi connectivity index (χ1n) is 15.3. The average molecular weight is 621 g/mol. The lowest BCUT2D eigenvalue weighted by atomic mass is 10.0. The fraction of sp³-hybridized carbons (Fsp3) is 0.211. The molecule has 46 heavy (non-hydrogen) atoms. The predicted octanol–water partition coefficient (Wildman–Crippen LogP) is 7.79. The Morgan fingerprint density at radius 1 is 0.652 bits per heavy atom. The van der Waals surface area contributed by atoms with Crippen molar-refractivity contribution in [2.75, 3.05) is 13.1 Å². The van der Waals surface area contributed by atoms with Crippen LogP contribution in [-0.4, -0.2) is 34.9 Å². The second kappa shape index (κ2) is 14.2. The Morgan fingerprint density at radius 2 is 1.28 bits per heavy atom. The van der Waals surface area contributed by atoms with E-state index in [-0.39, 0.29) is 23.4 Å². The second-order valence-electron chi connectivity index (χ2n) is 11.5. The predicted molar refractivity (Wildman–Crippen MR) is 180 cm³/mol. The molecule has 4 aromatic carbocycles. The summed E-state index contributed by atoms with van der Waals surface area (Å²) in [6, 6.07) is 24.4. The van der Waals surface area contributed by atoms with Crippen LogP contribution in [0.4, 0.5) is 8.78 Å². The Hall–Kier alpha value is -5.24. The largest absolute Gasteiger partial charge is 0.358 e. The van der Waals surface area contributed by atoms with Gasteiger partial charge in [0.1, 0.15) is 11.6 Å². The molecule has 4 N–H and O–H groups in total. The van der Waals surface area contributed by atoms with E-state index in [4.69, 9.17) is 0 Å². The summed E-state index contributed by atoms with van der Waals surface area (Å²) < 4.78 is 27.1. The van der Waals surface area contributed by atoms with Gasteiger partial charge in [-0.15, -0.1) is 0 Å². The van der Waals surface area contributed by atoms with E-state index in [9.17, 15) is 18.4 Å². The Labute approximate surface area is 267 Å². The van der Waals surface area contributed by atoms with E-state index in [0.717, 1.165) is 45.5 Å². The van der Waals surface area contributed by atoms with Crippen LogP contribution in [0.3, 0.4) is 0 Å². The first kappa shape index (κ1) is 32.2. The van der Waals surface area contributed by atoms with E-state index in [1.807, 2.05) is 70.2 Å². The first-order chi connectivity index (χ1) is 22.1. The quantitative estimate of drug-likeness (QED) is 0.140. The molecule has 6 nitrogen and oxygen atoms in total. The lowest BCUT2D eigenvalue weighted by molar-refractivity contribution is 0.0945. The number of nitrogens with one attached hydrogen (secondary N) is 4. The number of hydrogen-bond acceptors (Lipinski definition) is 2. The standard InChI is InChI=1S/C20H21FN2O.C18H17FN2O/c1-12-6-4-5-7-15(12)20(24)22-11-10-16-14(3)23-19-13(2)8-9-17(21)18(16)19;1-12-15(16-4-2-3-5-17(16)21-12)10-11-20-18(22)13-6-8-14(19)9-7-13/h4-9,23H,10-11H2,1-3H3,(H,22,24);2-9,21H,10-11H2,1H3,(H,20,22). The monoisotopic (exact) mass is 620 g/mol. The van der Waals surface area contributed by atoms with E-state index in [1.54, 1.807) is 6.07 Å². The summed E-state index contributed by atoms with van der Waals surface area (Å²) in [7, 11) is 0. The Bertz CT molecular complexity index is 2010. The maximum atomic E-state index is 14.2. The highest BCUT2D eigenvalue weighted by Gasteiger charge is 2.15. The second-order valence-corrected chi connectivity index (χ2v) is 11.5. The topological polar surface area (TPSA) is 89.8 Å². The highest BCUT2D eigenvalue weighted by atomic mass is 19.1. The molecular formula is C38H38F2N4O2. The maximum Gasteiger partial charge on any atom is 0.251 e. The molecular weight excluding hydrogens is 582 g/mol. The molecule has 8 heteroatoms. The highest BCUT2D eigenvalue weighted by Crippen LogP contribution is 2.28. The van der Waals surface area contributed by atoms with E-state index in [0.29, 0.717) is 36.0 Å². The third-order valence-electron chi connectivity index (χ3n) is 8.27. The van der Waals surface area contributed by atoms with Crippen LogP contribution < -0.4 is 10.6 Å².